The molecule has 2 aromatic heterocycles. The maximum atomic E-state index is 12.5. The van der Waals surface area contributed by atoms with E-state index in [0.29, 0.717) is 24.8 Å². The van der Waals surface area contributed by atoms with Crippen molar-refractivity contribution >= 4 is 17.7 Å². The summed E-state index contributed by atoms with van der Waals surface area (Å²) in [5.74, 6) is 2.68. The molecule has 33 heavy (non-hydrogen) atoms. The Bertz CT molecular complexity index is 1090. The normalized spacial score (nSPS) is 14.0. The van der Waals surface area contributed by atoms with Crippen molar-refractivity contribution < 1.29 is 9.21 Å². The monoisotopic (exact) mass is 466 g/mol. The first-order chi connectivity index (χ1) is 15.7. The maximum absolute atomic E-state index is 12.5. The van der Waals surface area contributed by atoms with Gasteiger partial charge in [-0.2, -0.15) is 0 Å². The fourth-order valence-corrected chi connectivity index (χ4v) is 4.86. The number of thioether (sulfide) groups is 1. The molecule has 1 aliphatic carbocycles. The number of rotatable bonds is 9. The van der Waals surface area contributed by atoms with Crippen LogP contribution in [0.15, 0.2) is 40.1 Å². The zero-order valence-corrected chi connectivity index (χ0v) is 21.1. The highest BCUT2D eigenvalue weighted by molar-refractivity contribution is 7.99. The molecule has 0 aliphatic heterocycles. The Labute approximate surface area is 200 Å². The number of aromatic nitrogens is 3. The van der Waals surface area contributed by atoms with Crippen molar-refractivity contribution in [1.29, 1.82) is 0 Å². The molecule has 2 heterocycles. The number of furan rings is 1. The Kier molecular flexibility index (Phi) is 6.98. The molecule has 7 heteroatoms. The number of amides is 1. The van der Waals surface area contributed by atoms with Gasteiger partial charge in [-0.05, 0) is 72.9 Å². The van der Waals surface area contributed by atoms with Gasteiger partial charge in [0, 0.05) is 12.5 Å². The molecule has 3 aromatic rings. The number of nitrogens with zero attached hydrogens (tertiary/aromatic N) is 3. The number of carbonyl (C=O) groups excluding carboxylic acids is 1. The van der Waals surface area contributed by atoms with Crippen molar-refractivity contribution in [2.45, 2.75) is 76.9 Å². The second kappa shape index (κ2) is 9.75. The number of nitrogens with one attached hydrogen (secondary N) is 1. The van der Waals surface area contributed by atoms with Gasteiger partial charge >= 0.3 is 0 Å². The van der Waals surface area contributed by atoms with Gasteiger partial charge < -0.3 is 9.73 Å². The number of benzene rings is 1. The Morgan fingerprint density at radius 3 is 2.55 bits per heavy atom. The molecule has 176 valence electrons. The molecule has 0 radical (unpaired) electrons. The average Bonchev–Trinajstić information content (AvgIpc) is 3.31. The molecule has 0 atom stereocenters. The fraction of sp³-hybridized carbons (Fsp3) is 0.500. The van der Waals surface area contributed by atoms with Crippen molar-refractivity contribution in [2.75, 3.05) is 12.3 Å². The number of aryl methyl sites for hydroxylation is 2. The molecular weight excluding hydrogens is 432 g/mol. The summed E-state index contributed by atoms with van der Waals surface area (Å²) in [7, 11) is 0. The molecule has 1 aliphatic rings. The third-order valence-corrected chi connectivity index (χ3v) is 7.14. The second-order valence-corrected chi connectivity index (χ2v) is 11.0. The van der Waals surface area contributed by atoms with Gasteiger partial charge in [0.05, 0.1) is 18.6 Å². The number of hydrogen-bond donors (Lipinski definition) is 1. The van der Waals surface area contributed by atoms with Crippen LogP contribution >= 0.6 is 11.8 Å². The van der Waals surface area contributed by atoms with Gasteiger partial charge in [-0.25, -0.2) is 0 Å². The van der Waals surface area contributed by atoms with Gasteiger partial charge in [0.1, 0.15) is 11.6 Å². The van der Waals surface area contributed by atoms with Crippen molar-refractivity contribution in [2.24, 2.45) is 0 Å². The summed E-state index contributed by atoms with van der Waals surface area (Å²) in [6.45, 7) is 12.3. The molecule has 4 rings (SSSR count). The van der Waals surface area contributed by atoms with Crippen molar-refractivity contribution in [1.82, 2.24) is 20.1 Å². The van der Waals surface area contributed by atoms with Gasteiger partial charge in [0.2, 0.25) is 5.91 Å². The van der Waals surface area contributed by atoms with Crippen LogP contribution in [0.5, 0.6) is 0 Å². The molecule has 1 amide bonds. The summed E-state index contributed by atoms with van der Waals surface area (Å²) in [4.78, 5) is 12.5. The van der Waals surface area contributed by atoms with Crippen LogP contribution in [-0.2, 0) is 23.2 Å². The van der Waals surface area contributed by atoms with E-state index in [4.69, 9.17) is 4.42 Å². The highest BCUT2D eigenvalue weighted by Gasteiger charge is 2.30. The standard InChI is InChI=1S/C26H34N4O2S/c1-17-13-20(26(3,4)5)14-18(2)22(17)10-11-27-23(31)16-33-25-29-28-24(19-8-9-19)30(25)15-21-7-6-12-32-21/h6-7,12-14,19H,8-11,15-16H2,1-5H3,(H,27,31). The van der Waals surface area contributed by atoms with Crippen LogP contribution in [0.25, 0.3) is 0 Å². The lowest BCUT2D eigenvalue weighted by molar-refractivity contribution is -0.118. The van der Waals surface area contributed by atoms with E-state index in [1.54, 1.807) is 6.26 Å². The maximum Gasteiger partial charge on any atom is 0.230 e. The fourth-order valence-electron chi connectivity index (χ4n) is 4.09. The zero-order chi connectivity index (χ0) is 23.6. The van der Waals surface area contributed by atoms with Crippen LogP contribution in [0.1, 0.15) is 73.4 Å². The third kappa shape index (κ3) is 5.88. The van der Waals surface area contributed by atoms with Gasteiger partial charge in [0.25, 0.3) is 0 Å². The van der Waals surface area contributed by atoms with Crippen LogP contribution in [0.2, 0.25) is 0 Å². The number of hydrogen-bond acceptors (Lipinski definition) is 5. The predicted octanol–water partition coefficient (Wildman–Crippen LogP) is 5.16. The lowest BCUT2D eigenvalue weighted by atomic mass is 9.83. The molecular formula is C26H34N4O2S. The van der Waals surface area contributed by atoms with Gasteiger partial charge in [-0.1, -0.05) is 44.7 Å². The quantitative estimate of drug-likeness (QED) is 0.441. The van der Waals surface area contributed by atoms with E-state index in [1.165, 1.54) is 34.0 Å². The molecule has 1 N–H and O–H groups in total. The molecule has 0 saturated heterocycles. The third-order valence-electron chi connectivity index (χ3n) is 6.17. The SMILES string of the molecule is Cc1cc(C(C)(C)C)cc(C)c1CCNC(=O)CSc1nnc(C2CC2)n1Cc1ccco1. The first kappa shape index (κ1) is 23.6. The predicted molar refractivity (Wildman–Crippen MR) is 132 cm³/mol. The van der Waals surface area contributed by atoms with Crippen LogP contribution in [0.3, 0.4) is 0 Å². The summed E-state index contributed by atoms with van der Waals surface area (Å²) >= 11 is 1.44. The molecule has 0 unspecified atom stereocenters. The molecule has 1 aromatic carbocycles. The summed E-state index contributed by atoms with van der Waals surface area (Å²) in [5.41, 5.74) is 5.40. The Morgan fingerprint density at radius 1 is 1.21 bits per heavy atom. The van der Waals surface area contributed by atoms with Crippen LogP contribution in [0.4, 0.5) is 0 Å². The van der Waals surface area contributed by atoms with Gasteiger partial charge in [0.15, 0.2) is 5.16 Å². The molecule has 0 bridgehead atoms. The van der Waals surface area contributed by atoms with Crippen LogP contribution < -0.4 is 5.32 Å². The van der Waals surface area contributed by atoms with Gasteiger partial charge in [-0.3, -0.25) is 9.36 Å². The van der Waals surface area contributed by atoms with Crippen molar-refractivity contribution in [3.63, 3.8) is 0 Å². The molecule has 6 nitrogen and oxygen atoms in total. The van der Waals surface area contributed by atoms with Crippen molar-refractivity contribution in [3.05, 3.63) is 64.4 Å². The lowest BCUT2D eigenvalue weighted by Crippen LogP contribution is -2.28. The first-order valence-electron chi connectivity index (χ1n) is 11.7. The summed E-state index contributed by atoms with van der Waals surface area (Å²) in [6.07, 6.45) is 4.81. The Hall–Kier alpha value is -2.54. The minimum absolute atomic E-state index is 0.0159. The van der Waals surface area contributed by atoms with E-state index in [1.807, 2.05) is 12.1 Å². The van der Waals surface area contributed by atoms with E-state index in [0.717, 1.165) is 36.0 Å². The average molecular weight is 467 g/mol. The minimum atomic E-state index is 0.0159. The van der Waals surface area contributed by atoms with E-state index in [9.17, 15) is 4.79 Å². The van der Waals surface area contributed by atoms with E-state index >= 15 is 0 Å². The van der Waals surface area contributed by atoms with E-state index in [2.05, 4.69) is 66.8 Å². The van der Waals surface area contributed by atoms with E-state index in [-0.39, 0.29) is 11.3 Å². The summed E-state index contributed by atoms with van der Waals surface area (Å²) < 4.78 is 7.61. The highest BCUT2D eigenvalue weighted by Crippen LogP contribution is 2.40. The number of carbonyl (C=O) groups is 1. The topological polar surface area (TPSA) is 73.0 Å². The molecule has 0 spiro atoms. The summed E-state index contributed by atoms with van der Waals surface area (Å²) in [5, 5.41) is 12.6. The van der Waals surface area contributed by atoms with Crippen molar-refractivity contribution in [3.8, 4) is 0 Å². The largest absolute Gasteiger partial charge is 0.467 e. The second-order valence-electron chi connectivity index (χ2n) is 10.0. The Balaban J connectivity index is 1.32. The van der Waals surface area contributed by atoms with E-state index < -0.39 is 0 Å². The first-order valence-corrected chi connectivity index (χ1v) is 12.7. The zero-order valence-electron chi connectivity index (χ0n) is 20.3. The molecule has 1 fully saturated rings. The van der Waals surface area contributed by atoms with Gasteiger partial charge in [-0.15, -0.1) is 10.2 Å². The van der Waals surface area contributed by atoms with Crippen LogP contribution in [-0.4, -0.2) is 33.0 Å². The Morgan fingerprint density at radius 2 is 1.94 bits per heavy atom. The summed E-state index contributed by atoms with van der Waals surface area (Å²) in [6, 6.07) is 8.40. The highest BCUT2D eigenvalue weighted by atomic mass is 32.2. The molecule has 1 saturated carbocycles. The lowest BCUT2D eigenvalue weighted by Gasteiger charge is -2.22. The smallest absolute Gasteiger partial charge is 0.230 e. The van der Waals surface area contributed by atoms with Crippen LogP contribution in [0, 0.1) is 13.8 Å². The minimum Gasteiger partial charge on any atom is -0.467 e.